The number of benzene rings is 1. The van der Waals surface area contributed by atoms with Crippen molar-refractivity contribution < 1.29 is 14.7 Å². The number of rotatable bonds is 1. The van der Waals surface area contributed by atoms with Crippen molar-refractivity contribution in [3.63, 3.8) is 0 Å². The van der Waals surface area contributed by atoms with Crippen molar-refractivity contribution in [1.82, 2.24) is 0 Å². The number of carbonyl (C=O) groups is 2. The fraction of sp³-hybridized carbons (Fsp3) is 0.111. The third kappa shape index (κ3) is 6.48. The first-order chi connectivity index (χ1) is 5.64. The van der Waals surface area contributed by atoms with Crippen LogP contribution >= 0.6 is 0 Å². The molecule has 0 aliphatic heterocycles. The van der Waals surface area contributed by atoms with Crippen molar-refractivity contribution in [1.29, 1.82) is 0 Å². The van der Waals surface area contributed by atoms with E-state index in [4.69, 9.17) is 5.11 Å². The third-order valence-electron chi connectivity index (χ3n) is 0.968. The molecular weight excluding hydrogens is 156 g/mol. The number of hydrogen-bond donors (Lipinski definition) is 1. The Morgan fingerprint density at radius 1 is 0.917 bits per heavy atom. The molecule has 1 rings (SSSR count). The van der Waals surface area contributed by atoms with E-state index in [0.29, 0.717) is 0 Å². The van der Waals surface area contributed by atoms with Gasteiger partial charge in [0.15, 0.2) is 0 Å². The molecule has 0 aromatic heterocycles. The van der Waals surface area contributed by atoms with Gasteiger partial charge >= 0.3 is 5.97 Å². The third-order valence-corrected chi connectivity index (χ3v) is 0.968. The van der Waals surface area contributed by atoms with Crippen molar-refractivity contribution in [2.45, 2.75) is 6.92 Å². The molecule has 0 amide bonds. The van der Waals surface area contributed by atoms with Crippen LogP contribution in [0.3, 0.4) is 0 Å². The highest BCUT2D eigenvalue weighted by Crippen LogP contribution is 1.79. The quantitative estimate of drug-likeness (QED) is 0.640. The first-order valence-corrected chi connectivity index (χ1v) is 3.38. The van der Waals surface area contributed by atoms with Gasteiger partial charge in [0.25, 0.3) is 0 Å². The highest BCUT2D eigenvalue weighted by Gasteiger charge is 1.98. The minimum atomic E-state index is -1.38. The summed E-state index contributed by atoms with van der Waals surface area (Å²) in [5.41, 5.74) is 0. The molecule has 64 valence electrons. The second-order valence-electron chi connectivity index (χ2n) is 2.02. The monoisotopic (exact) mass is 166 g/mol. The van der Waals surface area contributed by atoms with Gasteiger partial charge in [-0.15, -0.1) is 0 Å². The Bertz CT molecular complexity index is 203. The largest absolute Gasteiger partial charge is 0.476 e. The summed E-state index contributed by atoms with van der Waals surface area (Å²) < 4.78 is 0. The van der Waals surface area contributed by atoms with Crippen LogP contribution in [0.25, 0.3) is 0 Å². The van der Waals surface area contributed by atoms with E-state index in [1.165, 1.54) is 0 Å². The standard InChI is InChI=1S/C6H6.C3H4O3/c1-2-4-6-5-3-1;1-2(4)3(5)6/h1-6H;1H3,(H,5,6). The van der Waals surface area contributed by atoms with Crippen molar-refractivity contribution >= 4 is 11.8 Å². The van der Waals surface area contributed by atoms with E-state index >= 15 is 0 Å². The summed E-state index contributed by atoms with van der Waals surface area (Å²) in [5.74, 6) is -2.20. The second kappa shape index (κ2) is 6.09. The van der Waals surface area contributed by atoms with Crippen LogP contribution in [-0.4, -0.2) is 16.9 Å². The van der Waals surface area contributed by atoms with Gasteiger partial charge in [-0.05, 0) is 0 Å². The number of carbonyl (C=O) groups excluding carboxylic acids is 1. The molecule has 1 aromatic rings. The average molecular weight is 166 g/mol. The Hall–Kier alpha value is -1.64. The van der Waals surface area contributed by atoms with Gasteiger partial charge in [0.1, 0.15) is 0 Å². The highest BCUT2D eigenvalue weighted by atomic mass is 16.4. The lowest BCUT2D eigenvalue weighted by atomic mass is 10.4. The molecular formula is C9H10O3. The predicted molar refractivity (Wildman–Crippen MR) is 44.8 cm³/mol. The number of carboxylic acid groups (broad SMARTS) is 1. The maximum atomic E-state index is 9.54. The zero-order valence-corrected chi connectivity index (χ0v) is 6.73. The van der Waals surface area contributed by atoms with Crippen LogP contribution in [0.4, 0.5) is 0 Å². The van der Waals surface area contributed by atoms with Crippen LogP contribution in [0.1, 0.15) is 6.92 Å². The van der Waals surface area contributed by atoms with Crippen LogP contribution < -0.4 is 0 Å². The van der Waals surface area contributed by atoms with Gasteiger partial charge in [0, 0.05) is 6.92 Å². The van der Waals surface area contributed by atoms with Gasteiger partial charge in [-0.3, -0.25) is 4.79 Å². The van der Waals surface area contributed by atoms with Crippen molar-refractivity contribution in [3.05, 3.63) is 36.4 Å². The molecule has 0 spiro atoms. The number of aliphatic carboxylic acids is 1. The van der Waals surface area contributed by atoms with Crippen molar-refractivity contribution in [3.8, 4) is 0 Å². The van der Waals surface area contributed by atoms with Crippen molar-refractivity contribution in [2.24, 2.45) is 0 Å². The fourth-order valence-electron chi connectivity index (χ4n) is 0.385. The lowest BCUT2D eigenvalue weighted by Crippen LogP contribution is -2.05. The molecule has 0 heterocycles. The SMILES string of the molecule is CC(=O)C(=O)O.c1ccccc1. The molecule has 0 atom stereocenters. The van der Waals surface area contributed by atoms with Crippen LogP contribution in [0.15, 0.2) is 36.4 Å². The van der Waals surface area contributed by atoms with E-state index < -0.39 is 11.8 Å². The Balaban J connectivity index is 0.000000202. The highest BCUT2D eigenvalue weighted by molar-refractivity contribution is 6.31. The maximum Gasteiger partial charge on any atom is 0.371 e. The summed E-state index contributed by atoms with van der Waals surface area (Å²) >= 11 is 0. The number of ketones is 1. The van der Waals surface area contributed by atoms with Gasteiger partial charge in [0.05, 0.1) is 0 Å². The molecule has 1 N–H and O–H groups in total. The summed E-state index contributed by atoms with van der Waals surface area (Å²) in [6.07, 6.45) is 0. The molecule has 3 nitrogen and oxygen atoms in total. The first-order valence-electron chi connectivity index (χ1n) is 3.38. The summed E-state index contributed by atoms with van der Waals surface area (Å²) in [6.45, 7) is 1.00. The van der Waals surface area contributed by atoms with E-state index in [1.54, 1.807) is 0 Å². The molecule has 0 saturated heterocycles. The Kier molecular flexibility index (Phi) is 5.26. The topological polar surface area (TPSA) is 54.4 Å². The van der Waals surface area contributed by atoms with Gasteiger partial charge in [-0.1, -0.05) is 36.4 Å². The molecule has 0 aliphatic carbocycles. The zero-order valence-electron chi connectivity index (χ0n) is 6.73. The Morgan fingerprint density at radius 3 is 1.17 bits per heavy atom. The fourth-order valence-corrected chi connectivity index (χ4v) is 0.385. The summed E-state index contributed by atoms with van der Waals surface area (Å²) in [6, 6.07) is 12.0. The first kappa shape index (κ1) is 10.4. The molecule has 0 aliphatic rings. The van der Waals surface area contributed by atoms with Crippen molar-refractivity contribution in [2.75, 3.05) is 0 Å². The van der Waals surface area contributed by atoms with Crippen LogP contribution in [0.2, 0.25) is 0 Å². The van der Waals surface area contributed by atoms with E-state index in [2.05, 4.69) is 0 Å². The van der Waals surface area contributed by atoms with Crippen LogP contribution in [-0.2, 0) is 9.59 Å². The van der Waals surface area contributed by atoms with E-state index in [-0.39, 0.29) is 0 Å². The minimum Gasteiger partial charge on any atom is -0.476 e. The Labute approximate surface area is 70.6 Å². The van der Waals surface area contributed by atoms with Gasteiger partial charge in [-0.25, -0.2) is 4.79 Å². The summed E-state index contributed by atoms with van der Waals surface area (Å²) in [4.78, 5) is 18.9. The molecule has 0 saturated carbocycles. The molecule has 0 fully saturated rings. The molecule has 1 aromatic carbocycles. The molecule has 0 unspecified atom stereocenters. The van der Waals surface area contributed by atoms with Crippen LogP contribution in [0, 0.1) is 0 Å². The molecule has 3 heteroatoms. The van der Waals surface area contributed by atoms with E-state index in [9.17, 15) is 9.59 Å². The average Bonchev–Trinajstić information content (AvgIpc) is 2.08. The van der Waals surface area contributed by atoms with E-state index in [1.807, 2.05) is 36.4 Å². The molecule has 0 radical (unpaired) electrons. The molecule has 0 bridgehead atoms. The Morgan fingerprint density at radius 2 is 1.08 bits per heavy atom. The lowest BCUT2D eigenvalue weighted by molar-refractivity contribution is -0.148. The number of Topliss-reactive ketones (excluding diaryl/α,β-unsaturated/α-hetero) is 1. The summed E-state index contributed by atoms with van der Waals surface area (Å²) in [5, 5.41) is 7.64. The normalized spacial score (nSPS) is 7.75. The minimum absolute atomic E-state index is 0.824. The number of carboxylic acids is 1. The lowest BCUT2D eigenvalue weighted by Gasteiger charge is -1.73. The summed E-state index contributed by atoms with van der Waals surface area (Å²) in [7, 11) is 0. The smallest absolute Gasteiger partial charge is 0.371 e. The molecule has 12 heavy (non-hydrogen) atoms. The number of hydrogen-bond acceptors (Lipinski definition) is 2. The zero-order chi connectivity index (χ0) is 9.40. The van der Waals surface area contributed by atoms with Gasteiger partial charge in [0.2, 0.25) is 5.78 Å². The maximum absolute atomic E-state index is 9.54. The van der Waals surface area contributed by atoms with Gasteiger partial charge < -0.3 is 5.11 Å². The van der Waals surface area contributed by atoms with E-state index in [0.717, 1.165) is 6.92 Å². The van der Waals surface area contributed by atoms with Crippen LogP contribution in [0.5, 0.6) is 0 Å². The van der Waals surface area contributed by atoms with Gasteiger partial charge in [-0.2, -0.15) is 0 Å². The predicted octanol–water partition coefficient (Wildman–Crippen LogP) is 1.35. The second-order valence-corrected chi connectivity index (χ2v) is 2.02.